The Kier molecular flexibility index (Phi) is 4.87. The summed E-state index contributed by atoms with van der Waals surface area (Å²) in [6.45, 7) is 0. The third-order valence-corrected chi connectivity index (χ3v) is 4.21. The maximum Gasteiger partial charge on any atom is 0.225 e. The minimum absolute atomic E-state index is 0.0768. The van der Waals surface area contributed by atoms with Crippen molar-refractivity contribution in [2.45, 2.75) is 37.6 Å². The van der Waals surface area contributed by atoms with Crippen LogP contribution in [0.3, 0.4) is 0 Å². The molecule has 0 atom stereocenters. The van der Waals surface area contributed by atoms with Gasteiger partial charge in [-0.3, -0.25) is 9.59 Å². The summed E-state index contributed by atoms with van der Waals surface area (Å²) in [5, 5.41) is 13.0. The van der Waals surface area contributed by atoms with Gasteiger partial charge in [0.2, 0.25) is 5.91 Å². The number of nitriles is 1. The molecule has 1 N–H and O–H groups in total. The number of nitrogens with zero attached hydrogens (tertiary/aromatic N) is 1. The first-order chi connectivity index (χ1) is 9.94. The minimum Gasteiger partial charge on any atom is -0.338 e. The molecular weight excluding hydrogens is 311 g/mol. The SMILES string of the molecule is N#CC1(NC(=O)Cc2ccc(Cl)cc2Cl)CCC(=O)CC1. The molecule has 110 valence electrons. The molecule has 4 nitrogen and oxygen atoms in total. The van der Waals surface area contributed by atoms with Crippen LogP contribution in [0.2, 0.25) is 10.0 Å². The molecule has 1 aliphatic carbocycles. The van der Waals surface area contributed by atoms with E-state index in [9.17, 15) is 14.9 Å². The van der Waals surface area contributed by atoms with Crippen LogP contribution in [-0.4, -0.2) is 17.2 Å². The van der Waals surface area contributed by atoms with Crippen molar-refractivity contribution in [1.82, 2.24) is 5.32 Å². The van der Waals surface area contributed by atoms with Gasteiger partial charge in [-0.2, -0.15) is 5.26 Å². The first-order valence-electron chi connectivity index (χ1n) is 6.62. The minimum atomic E-state index is -0.941. The Hall–Kier alpha value is -1.57. The first-order valence-corrected chi connectivity index (χ1v) is 7.38. The zero-order valence-electron chi connectivity index (χ0n) is 11.3. The van der Waals surface area contributed by atoms with Crippen molar-refractivity contribution in [2.24, 2.45) is 0 Å². The van der Waals surface area contributed by atoms with Gasteiger partial charge in [-0.25, -0.2) is 0 Å². The normalized spacial score (nSPS) is 17.1. The Labute approximate surface area is 133 Å². The molecule has 6 heteroatoms. The summed E-state index contributed by atoms with van der Waals surface area (Å²) >= 11 is 11.8. The van der Waals surface area contributed by atoms with Gasteiger partial charge in [0.1, 0.15) is 11.3 Å². The summed E-state index contributed by atoms with van der Waals surface area (Å²) in [6.07, 6.45) is 1.46. The Bertz CT molecular complexity index is 613. The molecule has 0 unspecified atom stereocenters. The van der Waals surface area contributed by atoms with E-state index in [1.807, 2.05) is 0 Å². The molecule has 21 heavy (non-hydrogen) atoms. The van der Waals surface area contributed by atoms with E-state index >= 15 is 0 Å². The van der Waals surface area contributed by atoms with Crippen molar-refractivity contribution in [3.8, 4) is 6.07 Å². The molecule has 0 aromatic heterocycles. The standard InChI is InChI=1S/C15H14Cl2N2O2/c16-11-2-1-10(13(17)8-11)7-14(21)19-15(9-18)5-3-12(20)4-6-15/h1-2,8H,3-7H2,(H,19,21). The molecule has 1 aliphatic rings. The van der Waals surface area contributed by atoms with Crippen LogP contribution in [0.15, 0.2) is 18.2 Å². The van der Waals surface area contributed by atoms with E-state index in [-0.39, 0.29) is 18.1 Å². The molecule has 1 saturated carbocycles. The molecular formula is C15H14Cl2N2O2. The van der Waals surface area contributed by atoms with E-state index in [4.69, 9.17) is 23.2 Å². The Morgan fingerprint density at radius 3 is 2.57 bits per heavy atom. The van der Waals surface area contributed by atoms with Crippen LogP contribution in [0, 0.1) is 11.3 Å². The van der Waals surface area contributed by atoms with Gasteiger partial charge in [0.15, 0.2) is 0 Å². The number of hydrogen-bond donors (Lipinski definition) is 1. The van der Waals surface area contributed by atoms with Gasteiger partial charge in [-0.1, -0.05) is 29.3 Å². The molecule has 0 radical (unpaired) electrons. The van der Waals surface area contributed by atoms with E-state index in [1.165, 1.54) is 0 Å². The molecule has 1 aromatic carbocycles. The van der Waals surface area contributed by atoms with Crippen molar-refractivity contribution < 1.29 is 9.59 Å². The number of carbonyl (C=O) groups is 2. The van der Waals surface area contributed by atoms with Crippen LogP contribution in [0.5, 0.6) is 0 Å². The van der Waals surface area contributed by atoms with Gasteiger partial charge in [0.25, 0.3) is 0 Å². The Balaban J connectivity index is 2.04. The average molecular weight is 325 g/mol. The van der Waals surface area contributed by atoms with Crippen LogP contribution in [0.25, 0.3) is 0 Å². The van der Waals surface area contributed by atoms with E-state index in [1.54, 1.807) is 18.2 Å². The fraction of sp³-hybridized carbons (Fsp3) is 0.400. The lowest BCUT2D eigenvalue weighted by Crippen LogP contribution is -2.50. The topological polar surface area (TPSA) is 70.0 Å². The summed E-state index contributed by atoms with van der Waals surface area (Å²) in [5.74, 6) is -0.147. The van der Waals surface area contributed by atoms with Crippen LogP contribution in [0.1, 0.15) is 31.2 Å². The summed E-state index contributed by atoms with van der Waals surface area (Å²) < 4.78 is 0. The van der Waals surface area contributed by atoms with Crippen LogP contribution < -0.4 is 5.32 Å². The zero-order valence-corrected chi connectivity index (χ0v) is 12.8. The molecule has 0 bridgehead atoms. The second kappa shape index (κ2) is 6.46. The third-order valence-electron chi connectivity index (χ3n) is 3.62. The highest BCUT2D eigenvalue weighted by Gasteiger charge is 2.36. The number of amides is 1. The fourth-order valence-electron chi connectivity index (χ4n) is 2.37. The number of hydrogen-bond acceptors (Lipinski definition) is 3. The predicted octanol–water partition coefficient (Wildman–Crippen LogP) is 3.06. The summed E-state index contributed by atoms with van der Waals surface area (Å²) in [5.41, 5.74) is -0.289. The maximum atomic E-state index is 12.1. The predicted molar refractivity (Wildman–Crippen MR) is 80.1 cm³/mol. The molecule has 1 amide bonds. The molecule has 0 spiro atoms. The smallest absolute Gasteiger partial charge is 0.225 e. The monoisotopic (exact) mass is 324 g/mol. The maximum absolute atomic E-state index is 12.1. The molecule has 2 rings (SSSR count). The van der Waals surface area contributed by atoms with Crippen molar-refractivity contribution in [2.75, 3.05) is 0 Å². The molecule has 0 saturated heterocycles. The molecule has 0 aliphatic heterocycles. The summed E-state index contributed by atoms with van der Waals surface area (Å²) in [6, 6.07) is 7.06. The van der Waals surface area contributed by atoms with Crippen LogP contribution in [0.4, 0.5) is 0 Å². The average Bonchev–Trinajstić information content (AvgIpc) is 2.45. The van der Waals surface area contributed by atoms with E-state index in [0.29, 0.717) is 41.3 Å². The Morgan fingerprint density at radius 2 is 2.00 bits per heavy atom. The van der Waals surface area contributed by atoms with Gasteiger partial charge in [0, 0.05) is 22.9 Å². The number of benzene rings is 1. The summed E-state index contributed by atoms with van der Waals surface area (Å²) in [4.78, 5) is 23.4. The van der Waals surface area contributed by atoms with Gasteiger partial charge in [0.05, 0.1) is 12.5 Å². The van der Waals surface area contributed by atoms with Gasteiger partial charge >= 0.3 is 0 Å². The van der Waals surface area contributed by atoms with Crippen LogP contribution >= 0.6 is 23.2 Å². The second-order valence-electron chi connectivity index (χ2n) is 5.19. The van der Waals surface area contributed by atoms with Crippen molar-refractivity contribution in [1.29, 1.82) is 5.26 Å². The lowest BCUT2D eigenvalue weighted by atomic mass is 9.82. The van der Waals surface area contributed by atoms with E-state index in [0.717, 1.165) is 0 Å². The number of ketones is 1. The van der Waals surface area contributed by atoms with Crippen molar-refractivity contribution in [3.05, 3.63) is 33.8 Å². The van der Waals surface area contributed by atoms with Crippen LogP contribution in [-0.2, 0) is 16.0 Å². The quantitative estimate of drug-likeness (QED) is 0.928. The molecule has 1 aromatic rings. The number of halogens is 2. The highest BCUT2D eigenvalue weighted by molar-refractivity contribution is 6.35. The lowest BCUT2D eigenvalue weighted by Gasteiger charge is -2.31. The zero-order chi connectivity index (χ0) is 15.5. The largest absolute Gasteiger partial charge is 0.338 e. The van der Waals surface area contributed by atoms with E-state index < -0.39 is 5.54 Å². The first kappa shape index (κ1) is 15.8. The third kappa shape index (κ3) is 3.96. The van der Waals surface area contributed by atoms with Crippen molar-refractivity contribution in [3.63, 3.8) is 0 Å². The van der Waals surface area contributed by atoms with Gasteiger partial charge in [-0.15, -0.1) is 0 Å². The number of rotatable bonds is 3. The highest BCUT2D eigenvalue weighted by atomic mass is 35.5. The Morgan fingerprint density at radius 1 is 1.33 bits per heavy atom. The number of carbonyl (C=O) groups excluding carboxylic acids is 2. The van der Waals surface area contributed by atoms with Gasteiger partial charge in [-0.05, 0) is 30.5 Å². The van der Waals surface area contributed by atoms with E-state index in [2.05, 4.69) is 11.4 Å². The molecule has 1 fully saturated rings. The highest BCUT2D eigenvalue weighted by Crippen LogP contribution is 2.26. The van der Waals surface area contributed by atoms with Gasteiger partial charge < -0.3 is 5.32 Å². The number of Topliss-reactive ketones (excluding diaryl/α,β-unsaturated/α-hetero) is 1. The molecule has 0 heterocycles. The fourth-order valence-corrected chi connectivity index (χ4v) is 2.84. The lowest BCUT2D eigenvalue weighted by molar-refractivity contribution is -0.125. The summed E-state index contributed by atoms with van der Waals surface area (Å²) in [7, 11) is 0. The van der Waals surface area contributed by atoms with Crippen molar-refractivity contribution >= 4 is 34.9 Å². The second-order valence-corrected chi connectivity index (χ2v) is 6.04. The number of nitrogens with one attached hydrogen (secondary N) is 1.